The Morgan fingerprint density at radius 2 is 1.82 bits per heavy atom. The second-order valence-electron chi connectivity index (χ2n) is 3.82. The van der Waals surface area contributed by atoms with E-state index < -0.39 is 0 Å². The molecule has 0 saturated carbocycles. The normalized spacial score (nSPS) is 10.2. The first-order chi connectivity index (χ1) is 8.16. The predicted octanol–water partition coefficient (Wildman–Crippen LogP) is 3.88. The Bertz CT molecular complexity index is 506. The van der Waals surface area contributed by atoms with E-state index in [0.29, 0.717) is 6.61 Å². The molecule has 0 unspecified atom stereocenters. The van der Waals surface area contributed by atoms with Crippen molar-refractivity contribution in [2.75, 3.05) is 0 Å². The highest BCUT2D eigenvalue weighted by Crippen LogP contribution is 2.26. The lowest BCUT2D eigenvalue weighted by molar-refractivity contribution is 0.302. The van der Waals surface area contributed by atoms with Gasteiger partial charge in [-0.1, -0.05) is 18.2 Å². The average Bonchev–Trinajstić information content (AvgIpc) is 2.33. The van der Waals surface area contributed by atoms with Crippen LogP contribution in [-0.4, -0.2) is 5.11 Å². The zero-order chi connectivity index (χ0) is 12.3. The third-order valence-electron chi connectivity index (χ3n) is 2.56. The number of hydrogen-bond acceptors (Lipinski definition) is 2. The molecule has 3 heteroatoms. The van der Waals surface area contributed by atoms with Gasteiger partial charge in [0, 0.05) is 9.13 Å². The summed E-state index contributed by atoms with van der Waals surface area (Å²) in [6, 6.07) is 13.5. The van der Waals surface area contributed by atoms with Crippen molar-refractivity contribution in [3.63, 3.8) is 0 Å². The fraction of sp³-hybridized carbons (Fsp3) is 0.143. The van der Waals surface area contributed by atoms with E-state index in [1.165, 1.54) is 3.57 Å². The van der Waals surface area contributed by atoms with E-state index >= 15 is 0 Å². The number of benzene rings is 2. The van der Waals surface area contributed by atoms with Crippen molar-refractivity contribution < 1.29 is 9.84 Å². The fourth-order valence-corrected chi connectivity index (χ4v) is 1.86. The fourth-order valence-electron chi connectivity index (χ4n) is 1.50. The maximum Gasteiger partial charge on any atom is 0.126 e. The van der Waals surface area contributed by atoms with Crippen LogP contribution in [0, 0.1) is 10.5 Å². The van der Waals surface area contributed by atoms with Gasteiger partial charge in [-0.05, 0) is 59.3 Å². The van der Waals surface area contributed by atoms with E-state index in [1.807, 2.05) is 25.1 Å². The third-order valence-corrected chi connectivity index (χ3v) is 3.28. The lowest BCUT2D eigenvalue weighted by atomic mass is 10.2. The van der Waals surface area contributed by atoms with Gasteiger partial charge in [0.1, 0.15) is 18.1 Å². The van der Waals surface area contributed by atoms with Crippen molar-refractivity contribution in [2.24, 2.45) is 0 Å². The van der Waals surface area contributed by atoms with Crippen molar-refractivity contribution >= 4 is 22.6 Å². The summed E-state index contributed by atoms with van der Waals surface area (Å²) in [5.41, 5.74) is 1.89. The number of halogens is 1. The molecule has 0 aliphatic heterocycles. The van der Waals surface area contributed by atoms with Gasteiger partial charge in [0.15, 0.2) is 0 Å². The summed E-state index contributed by atoms with van der Waals surface area (Å²) in [6.45, 7) is 2.36. The Hall–Kier alpha value is -1.23. The van der Waals surface area contributed by atoms with Crippen LogP contribution in [0.5, 0.6) is 11.5 Å². The first-order valence-electron chi connectivity index (χ1n) is 5.32. The summed E-state index contributed by atoms with van der Waals surface area (Å²) >= 11 is 2.27. The van der Waals surface area contributed by atoms with Crippen molar-refractivity contribution in [3.05, 3.63) is 57.2 Å². The minimum absolute atomic E-state index is 0.269. The molecule has 0 spiro atoms. The molecule has 0 radical (unpaired) electrons. The van der Waals surface area contributed by atoms with E-state index in [9.17, 15) is 5.11 Å². The van der Waals surface area contributed by atoms with Crippen LogP contribution in [0.25, 0.3) is 0 Å². The molecule has 0 heterocycles. The van der Waals surface area contributed by atoms with Crippen LogP contribution >= 0.6 is 22.6 Å². The lowest BCUT2D eigenvalue weighted by Gasteiger charge is -2.10. The summed E-state index contributed by atoms with van der Waals surface area (Å²) in [5.74, 6) is 0.994. The Morgan fingerprint density at radius 1 is 1.12 bits per heavy atom. The van der Waals surface area contributed by atoms with E-state index in [2.05, 4.69) is 34.7 Å². The molecule has 2 rings (SSSR count). The highest BCUT2D eigenvalue weighted by molar-refractivity contribution is 14.1. The summed E-state index contributed by atoms with van der Waals surface area (Å²) < 4.78 is 6.89. The summed E-state index contributed by atoms with van der Waals surface area (Å²) in [4.78, 5) is 0. The van der Waals surface area contributed by atoms with Crippen molar-refractivity contribution in [1.29, 1.82) is 0 Å². The number of ether oxygens (including phenoxy) is 1. The van der Waals surface area contributed by atoms with Gasteiger partial charge >= 0.3 is 0 Å². The molecule has 17 heavy (non-hydrogen) atoms. The second-order valence-corrected chi connectivity index (χ2v) is 5.06. The number of aromatic hydroxyl groups is 1. The molecule has 0 aliphatic rings. The van der Waals surface area contributed by atoms with Crippen LogP contribution < -0.4 is 4.74 Å². The molecule has 0 saturated heterocycles. The van der Waals surface area contributed by atoms with Gasteiger partial charge in [-0.15, -0.1) is 0 Å². The molecule has 0 aliphatic carbocycles. The van der Waals surface area contributed by atoms with Crippen LogP contribution in [0.15, 0.2) is 42.5 Å². The van der Waals surface area contributed by atoms with Gasteiger partial charge in [0.25, 0.3) is 0 Å². The van der Waals surface area contributed by atoms with Gasteiger partial charge in [0.2, 0.25) is 0 Å². The van der Waals surface area contributed by atoms with Crippen LogP contribution in [0.1, 0.15) is 11.1 Å². The zero-order valence-electron chi connectivity index (χ0n) is 9.48. The number of phenols is 1. The van der Waals surface area contributed by atoms with Crippen LogP contribution in [0.3, 0.4) is 0 Å². The molecule has 2 aromatic carbocycles. The first kappa shape index (κ1) is 12.2. The van der Waals surface area contributed by atoms with Crippen LogP contribution in [-0.2, 0) is 6.61 Å². The minimum atomic E-state index is 0.269. The summed E-state index contributed by atoms with van der Waals surface area (Å²) in [6.07, 6.45) is 0. The highest BCUT2D eigenvalue weighted by atomic mass is 127. The SMILES string of the molecule is Cc1c(O)cccc1OCc1ccc(I)cc1. The van der Waals surface area contributed by atoms with Crippen molar-refractivity contribution in [2.45, 2.75) is 13.5 Å². The molecule has 0 bridgehead atoms. The van der Waals surface area contributed by atoms with Gasteiger partial charge in [-0.2, -0.15) is 0 Å². The minimum Gasteiger partial charge on any atom is -0.508 e. The van der Waals surface area contributed by atoms with E-state index in [-0.39, 0.29) is 5.75 Å². The average molecular weight is 340 g/mol. The standard InChI is InChI=1S/C14H13IO2/c1-10-13(16)3-2-4-14(10)17-9-11-5-7-12(15)8-6-11/h2-8,16H,9H2,1H3. The topological polar surface area (TPSA) is 29.5 Å². The smallest absolute Gasteiger partial charge is 0.126 e. The van der Waals surface area contributed by atoms with E-state index in [4.69, 9.17) is 4.74 Å². The maximum absolute atomic E-state index is 9.55. The quantitative estimate of drug-likeness (QED) is 0.860. The molecule has 2 aromatic rings. The molecule has 2 nitrogen and oxygen atoms in total. The molecular formula is C14H13IO2. The Kier molecular flexibility index (Phi) is 3.89. The summed E-state index contributed by atoms with van der Waals surface area (Å²) in [5, 5.41) is 9.55. The van der Waals surface area contributed by atoms with Gasteiger partial charge < -0.3 is 9.84 Å². The van der Waals surface area contributed by atoms with E-state index in [0.717, 1.165) is 16.9 Å². The Labute approximate surface area is 114 Å². The monoisotopic (exact) mass is 340 g/mol. The number of rotatable bonds is 3. The maximum atomic E-state index is 9.55. The molecular weight excluding hydrogens is 327 g/mol. The molecule has 0 fully saturated rings. The van der Waals surface area contributed by atoms with Crippen molar-refractivity contribution in [1.82, 2.24) is 0 Å². The van der Waals surface area contributed by atoms with E-state index in [1.54, 1.807) is 12.1 Å². The first-order valence-corrected chi connectivity index (χ1v) is 6.40. The summed E-state index contributed by atoms with van der Waals surface area (Å²) in [7, 11) is 0. The molecule has 88 valence electrons. The number of phenolic OH excluding ortho intramolecular Hbond substituents is 1. The van der Waals surface area contributed by atoms with Gasteiger partial charge in [-0.25, -0.2) is 0 Å². The highest BCUT2D eigenvalue weighted by Gasteiger charge is 2.03. The Balaban J connectivity index is 2.07. The molecule has 0 aromatic heterocycles. The van der Waals surface area contributed by atoms with Gasteiger partial charge in [-0.3, -0.25) is 0 Å². The molecule has 1 N–H and O–H groups in total. The third kappa shape index (κ3) is 3.12. The Morgan fingerprint density at radius 3 is 2.53 bits per heavy atom. The second kappa shape index (κ2) is 5.40. The zero-order valence-corrected chi connectivity index (χ0v) is 11.6. The van der Waals surface area contributed by atoms with Gasteiger partial charge in [0.05, 0.1) is 0 Å². The van der Waals surface area contributed by atoms with Crippen molar-refractivity contribution in [3.8, 4) is 11.5 Å². The molecule has 0 atom stereocenters. The predicted molar refractivity (Wildman–Crippen MR) is 76.3 cm³/mol. The number of hydrogen-bond donors (Lipinski definition) is 1. The van der Waals surface area contributed by atoms with Crippen LogP contribution in [0.2, 0.25) is 0 Å². The lowest BCUT2D eigenvalue weighted by Crippen LogP contribution is -1.96. The largest absolute Gasteiger partial charge is 0.508 e. The van der Waals surface area contributed by atoms with Crippen LogP contribution in [0.4, 0.5) is 0 Å². The molecule has 0 amide bonds.